The molecule has 0 aliphatic rings. The lowest BCUT2D eigenvalue weighted by Gasteiger charge is -2.10. The normalized spacial score (nSPS) is 11.3. The lowest BCUT2D eigenvalue weighted by molar-refractivity contribution is -0.136. The van der Waals surface area contributed by atoms with Crippen molar-refractivity contribution in [1.29, 1.82) is 0 Å². The minimum atomic E-state index is -4.01. The summed E-state index contributed by atoms with van der Waals surface area (Å²) in [6.07, 6.45) is 1.33. The van der Waals surface area contributed by atoms with E-state index in [9.17, 15) is 18.0 Å². The molecule has 0 bridgehead atoms. The number of carboxylic acids is 1. The molecule has 0 aliphatic carbocycles. The number of fused-ring (bicyclic) bond motifs is 1. The zero-order valence-corrected chi connectivity index (χ0v) is 14.7. The van der Waals surface area contributed by atoms with Crippen LogP contribution < -0.4 is 10.3 Å². The first-order chi connectivity index (χ1) is 12.9. The van der Waals surface area contributed by atoms with Gasteiger partial charge in [-0.25, -0.2) is 8.42 Å². The number of carbonyl (C=O) groups is 2. The number of sulfonamides is 1. The molecule has 0 aliphatic heterocycles. The van der Waals surface area contributed by atoms with Crippen LogP contribution in [0.2, 0.25) is 0 Å². The summed E-state index contributed by atoms with van der Waals surface area (Å²) in [4.78, 5) is 29.1. The lowest BCUT2D eigenvalue weighted by atomic mass is 10.1. The highest BCUT2D eigenvalue weighted by molar-refractivity contribution is 7.89. The van der Waals surface area contributed by atoms with Crippen molar-refractivity contribution in [3.05, 3.63) is 71.9 Å². The zero-order valence-electron chi connectivity index (χ0n) is 13.9. The Labute approximate surface area is 154 Å². The zero-order chi connectivity index (χ0) is 19.4. The van der Waals surface area contributed by atoms with Crippen molar-refractivity contribution in [2.45, 2.75) is 11.3 Å². The maximum absolute atomic E-state index is 12.4. The van der Waals surface area contributed by atoms with Gasteiger partial charge < -0.3 is 5.11 Å². The van der Waals surface area contributed by atoms with Crippen LogP contribution in [-0.4, -0.2) is 30.4 Å². The van der Waals surface area contributed by atoms with E-state index in [0.29, 0.717) is 11.1 Å². The van der Waals surface area contributed by atoms with E-state index >= 15 is 0 Å². The van der Waals surface area contributed by atoms with E-state index in [1.165, 1.54) is 24.3 Å². The monoisotopic (exact) mass is 385 g/mol. The summed E-state index contributed by atoms with van der Waals surface area (Å²) >= 11 is 0. The Balaban J connectivity index is 1.74. The minimum absolute atomic E-state index is 0.104. The lowest BCUT2D eigenvalue weighted by Crippen LogP contribution is -2.41. The summed E-state index contributed by atoms with van der Waals surface area (Å²) in [6, 6.07) is 13.9. The van der Waals surface area contributed by atoms with E-state index in [1.54, 1.807) is 36.5 Å². The predicted octanol–water partition coefficient (Wildman–Crippen LogP) is 1.49. The molecule has 1 aromatic heterocycles. The van der Waals surface area contributed by atoms with Crippen LogP contribution in [0.4, 0.5) is 0 Å². The fourth-order valence-electron chi connectivity index (χ4n) is 2.49. The van der Waals surface area contributed by atoms with Gasteiger partial charge >= 0.3 is 5.97 Å². The number of carboxylic acid groups (broad SMARTS) is 1. The number of para-hydroxylation sites is 1. The van der Waals surface area contributed by atoms with E-state index in [0.717, 1.165) is 5.39 Å². The second-order valence-electron chi connectivity index (χ2n) is 5.65. The smallest absolute Gasteiger partial charge is 0.307 e. The van der Waals surface area contributed by atoms with Crippen molar-refractivity contribution in [3.63, 3.8) is 0 Å². The molecule has 0 unspecified atom stereocenters. The Kier molecular flexibility index (Phi) is 5.15. The molecule has 0 saturated heterocycles. The summed E-state index contributed by atoms with van der Waals surface area (Å²) in [5, 5.41) is 9.49. The van der Waals surface area contributed by atoms with Crippen LogP contribution in [0.3, 0.4) is 0 Å². The Hall–Kier alpha value is -3.30. The number of hydrogen-bond donors (Lipinski definition) is 3. The van der Waals surface area contributed by atoms with Crippen molar-refractivity contribution in [2.75, 3.05) is 0 Å². The van der Waals surface area contributed by atoms with E-state index in [2.05, 4.69) is 10.4 Å². The molecular weight excluding hydrogens is 370 g/mol. The fraction of sp³-hybridized carbons (Fsp3) is 0.0556. The van der Waals surface area contributed by atoms with Crippen LogP contribution >= 0.6 is 0 Å². The van der Waals surface area contributed by atoms with Crippen molar-refractivity contribution in [2.24, 2.45) is 0 Å². The number of hydrazine groups is 1. The third-order valence-electron chi connectivity index (χ3n) is 3.77. The van der Waals surface area contributed by atoms with Crippen LogP contribution in [0.5, 0.6) is 0 Å². The molecule has 2 aromatic carbocycles. The standard InChI is InChI=1S/C18H15N3O5S/c22-16(23)11-12-6-8-14(9-7-12)27(25,26)21-20-18(24)15-5-1-3-13-4-2-10-19-17(13)15/h1-10,21H,11H2,(H,20,24)(H,22,23). The summed E-state index contributed by atoms with van der Waals surface area (Å²) in [5.74, 6) is -1.66. The van der Waals surface area contributed by atoms with Gasteiger partial charge in [0.25, 0.3) is 15.9 Å². The van der Waals surface area contributed by atoms with Gasteiger partial charge in [-0.3, -0.25) is 20.0 Å². The summed E-state index contributed by atoms with van der Waals surface area (Å²) in [7, 11) is -4.01. The summed E-state index contributed by atoms with van der Waals surface area (Å²) < 4.78 is 24.6. The number of amides is 1. The Morgan fingerprint density at radius 3 is 2.41 bits per heavy atom. The molecule has 0 saturated carbocycles. The first kappa shape index (κ1) is 18.5. The van der Waals surface area contributed by atoms with Crippen LogP contribution in [0.25, 0.3) is 10.9 Å². The van der Waals surface area contributed by atoms with Gasteiger partial charge in [0.1, 0.15) is 0 Å². The first-order valence-corrected chi connectivity index (χ1v) is 9.32. The summed E-state index contributed by atoms with van der Waals surface area (Å²) in [6.45, 7) is 0. The molecule has 27 heavy (non-hydrogen) atoms. The van der Waals surface area contributed by atoms with Gasteiger partial charge in [0.05, 0.1) is 22.4 Å². The van der Waals surface area contributed by atoms with Gasteiger partial charge in [-0.1, -0.05) is 30.3 Å². The van der Waals surface area contributed by atoms with Gasteiger partial charge in [-0.05, 0) is 29.8 Å². The molecular formula is C18H15N3O5S. The Morgan fingerprint density at radius 1 is 1.00 bits per heavy atom. The molecule has 8 nitrogen and oxygen atoms in total. The highest BCUT2D eigenvalue weighted by Gasteiger charge is 2.17. The number of nitrogens with one attached hydrogen (secondary N) is 2. The van der Waals surface area contributed by atoms with Crippen LogP contribution in [-0.2, 0) is 21.2 Å². The highest BCUT2D eigenvalue weighted by atomic mass is 32.2. The maximum Gasteiger partial charge on any atom is 0.307 e. The second kappa shape index (κ2) is 7.52. The summed E-state index contributed by atoms with van der Waals surface area (Å²) in [5.41, 5.74) is 3.31. The van der Waals surface area contributed by atoms with Crippen molar-refractivity contribution in [3.8, 4) is 0 Å². The molecule has 1 heterocycles. The van der Waals surface area contributed by atoms with Crippen molar-refractivity contribution >= 4 is 32.8 Å². The van der Waals surface area contributed by atoms with Gasteiger partial charge in [0.2, 0.25) is 0 Å². The van der Waals surface area contributed by atoms with Crippen LogP contribution in [0, 0.1) is 0 Å². The molecule has 1 amide bonds. The molecule has 3 rings (SSSR count). The maximum atomic E-state index is 12.4. The van der Waals surface area contributed by atoms with E-state index in [-0.39, 0.29) is 16.9 Å². The molecule has 3 N–H and O–H groups in total. The molecule has 138 valence electrons. The van der Waals surface area contributed by atoms with Crippen molar-refractivity contribution in [1.82, 2.24) is 15.2 Å². The molecule has 0 spiro atoms. The Bertz CT molecular complexity index is 1110. The number of pyridine rings is 1. The topological polar surface area (TPSA) is 125 Å². The molecule has 3 aromatic rings. The van der Waals surface area contributed by atoms with Gasteiger partial charge in [0, 0.05) is 11.6 Å². The molecule has 0 fully saturated rings. The largest absolute Gasteiger partial charge is 0.481 e. The number of nitrogens with zero attached hydrogens (tertiary/aromatic N) is 1. The van der Waals surface area contributed by atoms with E-state index < -0.39 is 21.9 Å². The van der Waals surface area contributed by atoms with Gasteiger partial charge in [0.15, 0.2) is 0 Å². The fourth-order valence-corrected chi connectivity index (χ4v) is 3.33. The minimum Gasteiger partial charge on any atom is -0.481 e. The predicted molar refractivity (Wildman–Crippen MR) is 97.3 cm³/mol. The van der Waals surface area contributed by atoms with Crippen LogP contribution in [0.15, 0.2) is 65.7 Å². The first-order valence-electron chi connectivity index (χ1n) is 7.83. The molecule has 0 atom stereocenters. The van der Waals surface area contributed by atoms with E-state index in [4.69, 9.17) is 5.11 Å². The number of carbonyl (C=O) groups excluding carboxylic acids is 1. The highest BCUT2D eigenvalue weighted by Crippen LogP contribution is 2.16. The van der Waals surface area contributed by atoms with Gasteiger partial charge in [-0.2, -0.15) is 0 Å². The number of rotatable bonds is 6. The van der Waals surface area contributed by atoms with Crippen LogP contribution in [0.1, 0.15) is 15.9 Å². The molecule has 0 radical (unpaired) electrons. The number of aliphatic carboxylic acids is 1. The second-order valence-corrected chi connectivity index (χ2v) is 7.34. The van der Waals surface area contributed by atoms with E-state index in [1.807, 2.05) is 4.83 Å². The Morgan fingerprint density at radius 2 is 1.70 bits per heavy atom. The third kappa shape index (κ3) is 4.27. The number of benzene rings is 2. The van der Waals surface area contributed by atoms with Crippen molar-refractivity contribution < 1.29 is 23.1 Å². The third-order valence-corrected chi connectivity index (χ3v) is 5.03. The average molecular weight is 385 g/mol. The number of aromatic nitrogens is 1. The average Bonchev–Trinajstić information content (AvgIpc) is 2.65. The number of hydrogen-bond acceptors (Lipinski definition) is 5. The van der Waals surface area contributed by atoms with Gasteiger partial charge in [-0.15, -0.1) is 4.83 Å². The quantitative estimate of drug-likeness (QED) is 0.552. The SMILES string of the molecule is O=C(O)Cc1ccc(S(=O)(=O)NNC(=O)c2cccc3cccnc23)cc1. The molecule has 9 heteroatoms.